The standard InChI is InChI=1S/C17H18N6O3S/c1-9-13(22-27-21-9)8-26-12-6-4-5-11(7-12)17(25)19-14-10(2)20-23(3)15(14)16(18)24/h4-7H,8H2,1-3H3,(H2,18,24)(H,19,25). The van der Waals surface area contributed by atoms with E-state index in [9.17, 15) is 9.59 Å². The number of benzene rings is 1. The Balaban J connectivity index is 1.76. The van der Waals surface area contributed by atoms with E-state index in [1.54, 1.807) is 38.2 Å². The number of nitrogens with one attached hydrogen (secondary N) is 1. The fourth-order valence-electron chi connectivity index (χ4n) is 2.54. The van der Waals surface area contributed by atoms with Gasteiger partial charge in [-0.25, -0.2) is 0 Å². The third-order valence-electron chi connectivity index (χ3n) is 3.91. The van der Waals surface area contributed by atoms with Crippen molar-refractivity contribution >= 4 is 29.2 Å². The number of rotatable bonds is 6. The van der Waals surface area contributed by atoms with Crippen LogP contribution in [0, 0.1) is 13.8 Å². The van der Waals surface area contributed by atoms with Gasteiger partial charge < -0.3 is 15.8 Å². The Morgan fingerprint density at radius 1 is 1.26 bits per heavy atom. The number of aryl methyl sites for hydroxylation is 3. The van der Waals surface area contributed by atoms with Crippen LogP contribution in [0.3, 0.4) is 0 Å². The zero-order valence-corrected chi connectivity index (χ0v) is 15.8. The minimum absolute atomic E-state index is 0.139. The van der Waals surface area contributed by atoms with Crippen LogP contribution in [0.5, 0.6) is 5.75 Å². The van der Waals surface area contributed by atoms with Gasteiger partial charge in [-0.1, -0.05) is 6.07 Å². The quantitative estimate of drug-likeness (QED) is 0.666. The maximum atomic E-state index is 12.6. The van der Waals surface area contributed by atoms with Gasteiger partial charge in [0.1, 0.15) is 23.7 Å². The summed E-state index contributed by atoms with van der Waals surface area (Å²) in [7, 11) is 1.59. The van der Waals surface area contributed by atoms with Gasteiger partial charge in [0.25, 0.3) is 11.8 Å². The number of hydrogen-bond acceptors (Lipinski definition) is 7. The molecule has 0 aliphatic heterocycles. The molecule has 9 nitrogen and oxygen atoms in total. The van der Waals surface area contributed by atoms with E-state index in [2.05, 4.69) is 19.2 Å². The molecular formula is C17H18N6O3S. The van der Waals surface area contributed by atoms with E-state index < -0.39 is 11.8 Å². The Kier molecular flexibility index (Phi) is 5.17. The van der Waals surface area contributed by atoms with Crippen molar-refractivity contribution in [2.45, 2.75) is 20.5 Å². The second kappa shape index (κ2) is 7.54. The van der Waals surface area contributed by atoms with Crippen LogP contribution in [-0.4, -0.2) is 30.3 Å². The van der Waals surface area contributed by atoms with Crippen LogP contribution in [0.15, 0.2) is 24.3 Å². The molecule has 0 spiro atoms. The molecular weight excluding hydrogens is 368 g/mol. The number of aromatic nitrogens is 4. The molecule has 3 N–H and O–H groups in total. The molecule has 0 aliphatic carbocycles. The first-order chi connectivity index (χ1) is 12.9. The van der Waals surface area contributed by atoms with Crippen molar-refractivity contribution in [2.24, 2.45) is 12.8 Å². The van der Waals surface area contributed by atoms with Crippen molar-refractivity contribution in [1.29, 1.82) is 0 Å². The zero-order valence-electron chi connectivity index (χ0n) is 15.0. The highest BCUT2D eigenvalue weighted by molar-refractivity contribution is 6.99. The van der Waals surface area contributed by atoms with Crippen molar-refractivity contribution < 1.29 is 14.3 Å². The Labute approximate surface area is 159 Å². The predicted octanol–water partition coefficient (Wildman–Crippen LogP) is 1.82. The average molecular weight is 386 g/mol. The van der Waals surface area contributed by atoms with E-state index in [0.717, 1.165) is 23.1 Å². The smallest absolute Gasteiger partial charge is 0.269 e. The fraction of sp³-hybridized carbons (Fsp3) is 0.235. The van der Waals surface area contributed by atoms with E-state index in [-0.39, 0.29) is 12.3 Å². The van der Waals surface area contributed by atoms with Crippen molar-refractivity contribution in [3.63, 3.8) is 0 Å². The van der Waals surface area contributed by atoms with Gasteiger partial charge in [0, 0.05) is 12.6 Å². The van der Waals surface area contributed by atoms with Crippen LogP contribution in [0.25, 0.3) is 0 Å². The Hall–Kier alpha value is -3.27. The molecule has 0 atom stereocenters. The summed E-state index contributed by atoms with van der Waals surface area (Å²) in [6, 6.07) is 6.71. The fourth-order valence-corrected chi connectivity index (χ4v) is 3.09. The lowest BCUT2D eigenvalue weighted by Gasteiger charge is -2.09. The van der Waals surface area contributed by atoms with E-state index in [4.69, 9.17) is 10.5 Å². The first-order valence-corrected chi connectivity index (χ1v) is 8.75. The number of nitrogens with zero attached hydrogens (tertiary/aromatic N) is 4. The van der Waals surface area contributed by atoms with E-state index >= 15 is 0 Å². The summed E-state index contributed by atoms with van der Waals surface area (Å²) in [6.45, 7) is 3.81. The molecule has 3 rings (SSSR count). The minimum Gasteiger partial charge on any atom is -0.487 e. The van der Waals surface area contributed by atoms with Gasteiger partial charge in [-0.05, 0) is 32.0 Å². The molecule has 0 fully saturated rings. The van der Waals surface area contributed by atoms with Gasteiger partial charge in [-0.2, -0.15) is 13.8 Å². The van der Waals surface area contributed by atoms with Crippen LogP contribution < -0.4 is 15.8 Å². The summed E-state index contributed by atoms with van der Waals surface area (Å²) in [5.74, 6) is -0.545. The number of anilines is 1. The van der Waals surface area contributed by atoms with Crippen LogP contribution in [0.4, 0.5) is 5.69 Å². The second-order valence-electron chi connectivity index (χ2n) is 5.86. The molecule has 0 unspecified atom stereocenters. The van der Waals surface area contributed by atoms with Crippen LogP contribution in [0.2, 0.25) is 0 Å². The summed E-state index contributed by atoms with van der Waals surface area (Å²) >= 11 is 1.13. The largest absolute Gasteiger partial charge is 0.487 e. The summed E-state index contributed by atoms with van der Waals surface area (Å²) in [5, 5.41) is 6.83. The van der Waals surface area contributed by atoms with Crippen molar-refractivity contribution in [3.8, 4) is 5.75 Å². The molecule has 0 saturated carbocycles. The maximum absolute atomic E-state index is 12.6. The molecule has 0 radical (unpaired) electrons. The lowest BCUT2D eigenvalue weighted by molar-refractivity contribution is 0.0992. The van der Waals surface area contributed by atoms with Gasteiger partial charge >= 0.3 is 0 Å². The van der Waals surface area contributed by atoms with Crippen molar-refractivity contribution in [2.75, 3.05) is 5.32 Å². The van der Waals surface area contributed by atoms with Gasteiger partial charge in [0.15, 0.2) is 0 Å². The summed E-state index contributed by atoms with van der Waals surface area (Å²) in [4.78, 5) is 24.2. The molecule has 2 heterocycles. The summed E-state index contributed by atoms with van der Waals surface area (Å²) < 4.78 is 15.3. The molecule has 27 heavy (non-hydrogen) atoms. The third kappa shape index (κ3) is 3.95. The number of ether oxygens (including phenoxy) is 1. The molecule has 0 bridgehead atoms. The second-order valence-corrected chi connectivity index (χ2v) is 6.39. The monoisotopic (exact) mass is 386 g/mol. The third-order valence-corrected chi connectivity index (χ3v) is 4.57. The van der Waals surface area contributed by atoms with E-state index in [0.29, 0.717) is 22.7 Å². The SMILES string of the molecule is Cc1nsnc1COc1cccc(C(=O)Nc2c(C)nn(C)c2C(N)=O)c1. The van der Waals surface area contributed by atoms with Gasteiger partial charge in [0.05, 0.1) is 28.8 Å². The first-order valence-electron chi connectivity index (χ1n) is 8.02. The Morgan fingerprint density at radius 2 is 2.04 bits per heavy atom. The number of primary amides is 1. The van der Waals surface area contributed by atoms with Gasteiger partial charge in [-0.3, -0.25) is 14.3 Å². The Bertz CT molecular complexity index is 1010. The van der Waals surface area contributed by atoms with Crippen molar-refractivity contribution in [3.05, 3.63) is 52.6 Å². The molecule has 140 valence electrons. The molecule has 2 aromatic heterocycles. The average Bonchev–Trinajstić information content (AvgIpc) is 3.15. The highest BCUT2D eigenvalue weighted by atomic mass is 32.1. The summed E-state index contributed by atoms with van der Waals surface area (Å²) in [6.07, 6.45) is 0. The van der Waals surface area contributed by atoms with Crippen molar-refractivity contribution in [1.82, 2.24) is 18.5 Å². The van der Waals surface area contributed by atoms with Gasteiger partial charge in [-0.15, -0.1) is 0 Å². The predicted molar refractivity (Wildman–Crippen MR) is 99.8 cm³/mol. The molecule has 10 heteroatoms. The van der Waals surface area contributed by atoms with E-state index in [1.807, 2.05) is 6.92 Å². The lowest BCUT2D eigenvalue weighted by Crippen LogP contribution is -2.20. The lowest BCUT2D eigenvalue weighted by atomic mass is 10.2. The number of hydrogen-bond donors (Lipinski definition) is 2. The molecule has 1 aromatic carbocycles. The van der Waals surface area contributed by atoms with Crippen LogP contribution >= 0.6 is 11.7 Å². The molecule has 0 saturated heterocycles. The normalized spacial score (nSPS) is 10.6. The summed E-state index contributed by atoms with van der Waals surface area (Å²) in [5.41, 5.74) is 8.27. The van der Waals surface area contributed by atoms with E-state index in [1.165, 1.54) is 4.68 Å². The van der Waals surface area contributed by atoms with Crippen LogP contribution in [-0.2, 0) is 13.7 Å². The maximum Gasteiger partial charge on any atom is 0.269 e. The number of carbonyl (C=O) groups is 2. The topological polar surface area (TPSA) is 125 Å². The molecule has 3 aromatic rings. The Morgan fingerprint density at radius 3 is 2.70 bits per heavy atom. The number of nitrogens with two attached hydrogens (primary N) is 1. The molecule has 0 aliphatic rings. The van der Waals surface area contributed by atoms with Crippen LogP contribution in [0.1, 0.15) is 37.9 Å². The minimum atomic E-state index is -0.669. The number of amides is 2. The molecule has 2 amide bonds. The highest BCUT2D eigenvalue weighted by Gasteiger charge is 2.20. The van der Waals surface area contributed by atoms with Gasteiger partial charge in [0.2, 0.25) is 0 Å². The number of carbonyl (C=O) groups excluding carboxylic acids is 2. The zero-order chi connectivity index (χ0) is 19.6. The highest BCUT2D eigenvalue weighted by Crippen LogP contribution is 2.21. The first kappa shape index (κ1) is 18.5.